The van der Waals surface area contributed by atoms with E-state index < -0.39 is 0 Å². The van der Waals surface area contributed by atoms with Gasteiger partial charge in [0, 0.05) is 38.3 Å². The average Bonchev–Trinajstić information content (AvgIpc) is 2.74. The van der Waals surface area contributed by atoms with Crippen LogP contribution in [0.1, 0.15) is 59.5 Å². The van der Waals surface area contributed by atoms with Gasteiger partial charge in [-0.3, -0.25) is 14.4 Å². The summed E-state index contributed by atoms with van der Waals surface area (Å²) in [5.74, 6) is -0.486. The van der Waals surface area contributed by atoms with Crippen LogP contribution >= 0.6 is 0 Å². The van der Waals surface area contributed by atoms with Crippen LogP contribution in [0.25, 0.3) is 0 Å². The summed E-state index contributed by atoms with van der Waals surface area (Å²) in [5, 5.41) is 2.71. The first-order valence-corrected chi connectivity index (χ1v) is 10.5. The maximum Gasteiger partial charge on any atom is 0.253 e. The van der Waals surface area contributed by atoms with E-state index in [-0.39, 0.29) is 29.7 Å². The first-order chi connectivity index (χ1) is 14.5. The Morgan fingerprint density at radius 1 is 0.871 bits per heavy atom. The minimum atomic E-state index is -0.267. The molecule has 2 aromatic carbocycles. The molecule has 0 unspecified atom stereocenters. The molecule has 6 heteroatoms. The lowest BCUT2D eigenvalue weighted by atomic mass is 9.87. The quantitative estimate of drug-likeness (QED) is 0.741. The molecule has 1 N–H and O–H groups in total. The predicted octanol–water partition coefficient (Wildman–Crippen LogP) is 3.46. The zero-order valence-electron chi connectivity index (χ0n) is 19.4. The number of carbonyl (C=O) groups excluding carboxylic acids is 3. The second kappa shape index (κ2) is 10.2. The van der Waals surface area contributed by atoms with Gasteiger partial charge in [-0.25, -0.2) is 0 Å². The summed E-state index contributed by atoms with van der Waals surface area (Å²) in [4.78, 5) is 40.2. The Morgan fingerprint density at radius 3 is 1.90 bits per heavy atom. The molecule has 0 radical (unpaired) electrons. The van der Waals surface area contributed by atoms with Crippen molar-refractivity contribution in [2.45, 2.75) is 39.7 Å². The van der Waals surface area contributed by atoms with Crippen molar-refractivity contribution in [3.05, 3.63) is 70.8 Å². The molecule has 0 aliphatic heterocycles. The Bertz CT molecular complexity index is 911. The van der Waals surface area contributed by atoms with Crippen molar-refractivity contribution in [1.82, 2.24) is 15.1 Å². The zero-order valence-corrected chi connectivity index (χ0v) is 19.4. The van der Waals surface area contributed by atoms with E-state index in [1.807, 2.05) is 31.2 Å². The topological polar surface area (TPSA) is 69.7 Å². The van der Waals surface area contributed by atoms with Gasteiger partial charge in [-0.2, -0.15) is 0 Å². The molecule has 0 spiro atoms. The number of benzene rings is 2. The highest BCUT2D eigenvalue weighted by Crippen LogP contribution is 2.22. The third-order valence-electron chi connectivity index (χ3n) is 5.13. The molecule has 0 aliphatic carbocycles. The maximum absolute atomic E-state index is 12.6. The fraction of sp³-hybridized carbons (Fsp3) is 0.400. The van der Waals surface area contributed by atoms with Gasteiger partial charge < -0.3 is 15.1 Å². The van der Waals surface area contributed by atoms with Crippen LogP contribution in [0.15, 0.2) is 48.5 Å². The number of nitrogens with zero attached hydrogens (tertiary/aromatic N) is 2. The molecule has 0 fully saturated rings. The SMILES string of the molecule is CCN(Cc1ccc(C(=O)N(C)C)cc1)C(=O)CNC(=O)c1ccc(C(C)(C)C)cc1. The molecular formula is C25H33N3O3. The van der Waals surface area contributed by atoms with Crippen LogP contribution in [0.2, 0.25) is 0 Å². The number of hydrogen-bond donors (Lipinski definition) is 1. The number of amides is 3. The Labute approximate surface area is 185 Å². The third kappa shape index (κ3) is 6.67. The highest BCUT2D eigenvalue weighted by atomic mass is 16.2. The minimum Gasteiger partial charge on any atom is -0.345 e. The van der Waals surface area contributed by atoms with Crippen LogP contribution in [-0.4, -0.2) is 54.7 Å². The second-order valence-corrected chi connectivity index (χ2v) is 8.81. The summed E-state index contributed by atoms with van der Waals surface area (Å²) >= 11 is 0. The molecular weight excluding hydrogens is 390 g/mol. The minimum absolute atomic E-state index is 0.0184. The summed E-state index contributed by atoms with van der Waals surface area (Å²) in [5.41, 5.74) is 3.23. The van der Waals surface area contributed by atoms with Gasteiger partial charge in [0.1, 0.15) is 0 Å². The molecule has 31 heavy (non-hydrogen) atoms. The highest BCUT2D eigenvalue weighted by molar-refractivity contribution is 5.96. The number of carbonyl (C=O) groups is 3. The molecule has 3 amide bonds. The molecule has 0 atom stereocenters. The van der Waals surface area contributed by atoms with Crippen molar-refractivity contribution >= 4 is 17.7 Å². The van der Waals surface area contributed by atoms with Gasteiger partial charge in [0.05, 0.1) is 6.54 Å². The van der Waals surface area contributed by atoms with Gasteiger partial charge in [0.15, 0.2) is 0 Å². The van der Waals surface area contributed by atoms with E-state index in [9.17, 15) is 14.4 Å². The van der Waals surface area contributed by atoms with Gasteiger partial charge in [0.2, 0.25) is 5.91 Å². The largest absolute Gasteiger partial charge is 0.345 e. The Balaban J connectivity index is 1.94. The van der Waals surface area contributed by atoms with E-state index in [4.69, 9.17) is 0 Å². The molecule has 2 aromatic rings. The van der Waals surface area contributed by atoms with E-state index in [1.165, 1.54) is 4.90 Å². The van der Waals surface area contributed by atoms with E-state index in [0.29, 0.717) is 24.2 Å². The van der Waals surface area contributed by atoms with Crippen molar-refractivity contribution in [1.29, 1.82) is 0 Å². The molecule has 0 bridgehead atoms. The zero-order chi connectivity index (χ0) is 23.2. The van der Waals surface area contributed by atoms with Crippen LogP contribution in [-0.2, 0) is 16.8 Å². The van der Waals surface area contributed by atoms with Crippen molar-refractivity contribution in [2.24, 2.45) is 0 Å². The van der Waals surface area contributed by atoms with E-state index >= 15 is 0 Å². The molecule has 2 rings (SSSR count). The van der Waals surface area contributed by atoms with Crippen molar-refractivity contribution in [2.75, 3.05) is 27.2 Å². The Kier molecular flexibility index (Phi) is 7.97. The smallest absolute Gasteiger partial charge is 0.253 e. The number of hydrogen-bond acceptors (Lipinski definition) is 3. The van der Waals surface area contributed by atoms with Crippen LogP contribution in [0.5, 0.6) is 0 Å². The molecule has 6 nitrogen and oxygen atoms in total. The number of nitrogens with one attached hydrogen (secondary N) is 1. The fourth-order valence-electron chi connectivity index (χ4n) is 3.10. The average molecular weight is 424 g/mol. The van der Waals surface area contributed by atoms with E-state index in [0.717, 1.165) is 11.1 Å². The van der Waals surface area contributed by atoms with Crippen LogP contribution in [0, 0.1) is 0 Å². The Hall–Kier alpha value is -3.15. The van der Waals surface area contributed by atoms with Gasteiger partial charge in [-0.15, -0.1) is 0 Å². The van der Waals surface area contributed by atoms with Crippen LogP contribution in [0.4, 0.5) is 0 Å². The highest BCUT2D eigenvalue weighted by Gasteiger charge is 2.17. The normalized spacial score (nSPS) is 11.0. The van der Waals surface area contributed by atoms with E-state index in [1.54, 1.807) is 43.3 Å². The molecule has 0 saturated heterocycles. The van der Waals surface area contributed by atoms with Crippen LogP contribution < -0.4 is 5.32 Å². The summed E-state index contributed by atoms with van der Waals surface area (Å²) in [6.07, 6.45) is 0. The first-order valence-electron chi connectivity index (χ1n) is 10.5. The van der Waals surface area contributed by atoms with Crippen molar-refractivity contribution in [3.63, 3.8) is 0 Å². The summed E-state index contributed by atoms with van der Waals surface area (Å²) in [6, 6.07) is 14.7. The van der Waals surface area contributed by atoms with Crippen molar-refractivity contribution in [3.8, 4) is 0 Å². The summed E-state index contributed by atoms with van der Waals surface area (Å²) in [7, 11) is 3.42. The molecule has 0 aliphatic rings. The van der Waals surface area contributed by atoms with Gasteiger partial charge in [-0.05, 0) is 47.7 Å². The molecule has 0 aromatic heterocycles. The second-order valence-electron chi connectivity index (χ2n) is 8.81. The molecule has 0 heterocycles. The lowest BCUT2D eigenvalue weighted by Crippen LogP contribution is -2.39. The molecule has 166 valence electrons. The number of rotatable bonds is 7. The van der Waals surface area contributed by atoms with Crippen LogP contribution in [0.3, 0.4) is 0 Å². The Morgan fingerprint density at radius 2 is 1.42 bits per heavy atom. The standard InChI is InChI=1S/C25H33N3O3/c1-7-28(17-18-8-10-20(11-9-18)24(31)27(5)6)22(29)16-26-23(30)19-12-14-21(15-13-19)25(2,3)4/h8-15H,7,16-17H2,1-6H3,(H,26,30). The van der Waals surface area contributed by atoms with Gasteiger partial charge in [-0.1, -0.05) is 45.0 Å². The number of likely N-dealkylation sites (N-methyl/N-ethyl adjacent to an activating group) is 1. The first kappa shape index (κ1) is 24.1. The maximum atomic E-state index is 12.6. The molecule has 0 saturated carbocycles. The monoisotopic (exact) mass is 423 g/mol. The van der Waals surface area contributed by atoms with E-state index in [2.05, 4.69) is 26.1 Å². The van der Waals surface area contributed by atoms with Gasteiger partial charge in [0.25, 0.3) is 11.8 Å². The predicted molar refractivity (Wildman–Crippen MR) is 123 cm³/mol. The van der Waals surface area contributed by atoms with Gasteiger partial charge >= 0.3 is 0 Å². The summed E-state index contributed by atoms with van der Waals surface area (Å²) < 4.78 is 0. The van der Waals surface area contributed by atoms with Crippen molar-refractivity contribution < 1.29 is 14.4 Å². The lowest BCUT2D eigenvalue weighted by Gasteiger charge is -2.22. The fourth-order valence-corrected chi connectivity index (χ4v) is 3.10. The lowest BCUT2D eigenvalue weighted by molar-refractivity contribution is -0.130. The summed E-state index contributed by atoms with van der Waals surface area (Å²) in [6.45, 7) is 9.13. The third-order valence-corrected chi connectivity index (χ3v) is 5.13.